The van der Waals surface area contributed by atoms with Gasteiger partial charge in [-0.25, -0.2) is 4.98 Å². The average molecular weight is 253 g/mol. The summed E-state index contributed by atoms with van der Waals surface area (Å²) in [7, 11) is 0. The summed E-state index contributed by atoms with van der Waals surface area (Å²) in [6.45, 7) is 4.88. The van der Waals surface area contributed by atoms with Gasteiger partial charge in [0.15, 0.2) is 0 Å². The maximum atomic E-state index is 5.90. The first kappa shape index (κ1) is 11.4. The maximum absolute atomic E-state index is 5.90. The molecule has 0 atom stereocenters. The van der Waals surface area contributed by atoms with Crippen molar-refractivity contribution in [2.24, 2.45) is 0 Å². The van der Waals surface area contributed by atoms with Crippen LogP contribution in [0.3, 0.4) is 0 Å². The van der Waals surface area contributed by atoms with E-state index in [0.29, 0.717) is 0 Å². The van der Waals surface area contributed by atoms with Gasteiger partial charge in [-0.1, -0.05) is 11.6 Å². The van der Waals surface area contributed by atoms with Crippen molar-refractivity contribution in [2.45, 2.75) is 20.4 Å². The van der Waals surface area contributed by atoms with Gasteiger partial charge in [-0.05, 0) is 37.6 Å². The Bertz CT molecular complexity index is 494. The molecule has 0 radical (unpaired) electrons. The van der Waals surface area contributed by atoms with Gasteiger partial charge < -0.3 is 5.32 Å². The van der Waals surface area contributed by atoms with Crippen LogP contribution in [-0.2, 0) is 6.54 Å². The summed E-state index contributed by atoms with van der Waals surface area (Å²) in [6, 6.07) is 5.86. The first-order chi connectivity index (χ1) is 7.65. The molecule has 2 aromatic rings. The minimum atomic E-state index is 0.775. The topological polar surface area (TPSA) is 24.9 Å². The molecule has 0 amide bonds. The average Bonchev–Trinajstić information content (AvgIpc) is 2.63. The van der Waals surface area contributed by atoms with Crippen LogP contribution in [0.1, 0.15) is 15.4 Å². The van der Waals surface area contributed by atoms with Gasteiger partial charge in [-0.3, -0.25) is 0 Å². The molecule has 0 saturated carbocycles. The van der Waals surface area contributed by atoms with Crippen LogP contribution >= 0.6 is 22.9 Å². The summed E-state index contributed by atoms with van der Waals surface area (Å²) < 4.78 is 0. The van der Waals surface area contributed by atoms with Crippen LogP contribution in [0.25, 0.3) is 0 Å². The zero-order chi connectivity index (χ0) is 11.5. The van der Waals surface area contributed by atoms with Crippen molar-refractivity contribution >= 4 is 28.6 Å². The first-order valence-corrected chi connectivity index (χ1v) is 6.26. The predicted molar refractivity (Wildman–Crippen MR) is 70.4 cm³/mol. The van der Waals surface area contributed by atoms with Crippen LogP contribution in [0.4, 0.5) is 5.69 Å². The lowest BCUT2D eigenvalue weighted by molar-refractivity contribution is 1.16. The fourth-order valence-corrected chi connectivity index (χ4v) is 2.46. The Labute approximate surface area is 104 Å². The minimum Gasteiger partial charge on any atom is -0.380 e. The molecule has 0 spiro atoms. The van der Waals surface area contributed by atoms with Gasteiger partial charge in [0, 0.05) is 21.8 Å². The summed E-state index contributed by atoms with van der Waals surface area (Å²) in [5.74, 6) is 0. The van der Waals surface area contributed by atoms with Crippen LogP contribution in [0.5, 0.6) is 0 Å². The second kappa shape index (κ2) is 4.85. The zero-order valence-corrected chi connectivity index (χ0v) is 10.8. The lowest BCUT2D eigenvalue weighted by Gasteiger charge is -2.08. The Morgan fingerprint density at radius 3 is 2.81 bits per heavy atom. The highest BCUT2D eigenvalue weighted by atomic mass is 35.5. The number of thiazole rings is 1. The Balaban J connectivity index is 2.04. The predicted octanol–water partition coefficient (Wildman–Crippen LogP) is 4.03. The fraction of sp³-hybridized carbons (Fsp3) is 0.250. The minimum absolute atomic E-state index is 0.775. The largest absolute Gasteiger partial charge is 0.380 e. The van der Waals surface area contributed by atoms with E-state index in [1.807, 2.05) is 38.2 Å². The van der Waals surface area contributed by atoms with E-state index in [-0.39, 0.29) is 0 Å². The van der Waals surface area contributed by atoms with Crippen molar-refractivity contribution in [2.75, 3.05) is 5.32 Å². The molecule has 0 fully saturated rings. The highest BCUT2D eigenvalue weighted by molar-refractivity contribution is 7.11. The number of aryl methyl sites for hydroxylation is 2. The Kier molecular flexibility index (Phi) is 3.46. The molecule has 84 valence electrons. The van der Waals surface area contributed by atoms with Crippen molar-refractivity contribution in [3.63, 3.8) is 0 Å². The molecule has 1 N–H and O–H groups in total. The zero-order valence-electron chi connectivity index (χ0n) is 9.25. The van der Waals surface area contributed by atoms with E-state index in [1.54, 1.807) is 11.3 Å². The molecule has 1 aromatic heterocycles. The second-order valence-electron chi connectivity index (χ2n) is 3.66. The van der Waals surface area contributed by atoms with Gasteiger partial charge >= 0.3 is 0 Å². The number of nitrogens with one attached hydrogen (secondary N) is 1. The molecule has 1 heterocycles. The molecule has 16 heavy (non-hydrogen) atoms. The third-order valence-corrected chi connectivity index (χ3v) is 3.46. The van der Waals surface area contributed by atoms with E-state index < -0.39 is 0 Å². The van der Waals surface area contributed by atoms with Gasteiger partial charge in [-0.2, -0.15) is 0 Å². The van der Waals surface area contributed by atoms with E-state index in [9.17, 15) is 0 Å². The van der Waals surface area contributed by atoms with Crippen LogP contribution < -0.4 is 5.32 Å². The Hall–Kier alpha value is -1.06. The van der Waals surface area contributed by atoms with Crippen molar-refractivity contribution in [1.82, 2.24) is 4.98 Å². The smallest absolute Gasteiger partial charge is 0.0897 e. The van der Waals surface area contributed by atoms with Gasteiger partial charge in [0.05, 0.1) is 11.6 Å². The van der Waals surface area contributed by atoms with Gasteiger partial charge in [0.25, 0.3) is 0 Å². The third-order valence-electron chi connectivity index (χ3n) is 2.31. The standard InChI is InChI=1S/C12H13ClN2S/c1-8-5-10(13)3-4-12(8)15-7-11-6-14-9(2)16-11/h3-6,15H,7H2,1-2H3. The van der Waals surface area contributed by atoms with E-state index in [0.717, 1.165) is 27.8 Å². The first-order valence-electron chi connectivity index (χ1n) is 5.06. The third kappa shape index (κ3) is 2.74. The lowest BCUT2D eigenvalue weighted by Crippen LogP contribution is -1.99. The summed E-state index contributed by atoms with van der Waals surface area (Å²) in [6.07, 6.45) is 1.91. The number of hydrogen-bond acceptors (Lipinski definition) is 3. The van der Waals surface area contributed by atoms with Crippen molar-refractivity contribution < 1.29 is 0 Å². The van der Waals surface area contributed by atoms with E-state index in [1.165, 1.54) is 4.88 Å². The van der Waals surface area contributed by atoms with E-state index in [2.05, 4.69) is 10.3 Å². The van der Waals surface area contributed by atoms with Gasteiger partial charge in [-0.15, -0.1) is 11.3 Å². The van der Waals surface area contributed by atoms with Gasteiger partial charge in [0.1, 0.15) is 0 Å². The van der Waals surface area contributed by atoms with Crippen molar-refractivity contribution in [3.8, 4) is 0 Å². The maximum Gasteiger partial charge on any atom is 0.0897 e. The summed E-state index contributed by atoms with van der Waals surface area (Å²) in [4.78, 5) is 5.47. The van der Waals surface area contributed by atoms with Crippen molar-refractivity contribution in [3.05, 3.63) is 44.9 Å². The van der Waals surface area contributed by atoms with E-state index >= 15 is 0 Å². The molecular formula is C12H13ClN2S. The Morgan fingerprint density at radius 1 is 1.38 bits per heavy atom. The van der Waals surface area contributed by atoms with E-state index in [4.69, 9.17) is 11.6 Å². The lowest BCUT2D eigenvalue weighted by atomic mass is 10.2. The molecule has 0 aliphatic rings. The highest BCUT2D eigenvalue weighted by Crippen LogP contribution is 2.21. The molecule has 4 heteroatoms. The molecule has 1 aromatic carbocycles. The van der Waals surface area contributed by atoms with Crippen LogP contribution in [0.2, 0.25) is 5.02 Å². The summed E-state index contributed by atoms with van der Waals surface area (Å²) in [5, 5.41) is 5.26. The second-order valence-corrected chi connectivity index (χ2v) is 5.41. The Morgan fingerprint density at radius 2 is 2.19 bits per heavy atom. The summed E-state index contributed by atoms with van der Waals surface area (Å²) in [5.41, 5.74) is 2.28. The van der Waals surface area contributed by atoms with Gasteiger partial charge in [0.2, 0.25) is 0 Å². The quantitative estimate of drug-likeness (QED) is 0.892. The monoisotopic (exact) mass is 252 g/mol. The number of nitrogens with zero attached hydrogens (tertiary/aromatic N) is 1. The molecule has 2 nitrogen and oxygen atoms in total. The number of rotatable bonds is 3. The molecule has 0 bridgehead atoms. The van der Waals surface area contributed by atoms with Crippen molar-refractivity contribution in [1.29, 1.82) is 0 Å². The summed E-state index contributed by atoms with van der Waals surface area (Å²) >= 11 is 7.62. The number of benzene rings is 1. The number of hydrogen-bond donors (Lipinski definition) is 1. The number of halogens is 1. The molecular weight excluding hydrogens is 240 g/mol. The van der Waals surface area contributed by atoms with Crippen LogP contribution in [0, 0.1) is 13.8 Å². The SMILES string of the molecule is Cc1ncc(CNc2ccc(Cl)cc2C)s1. The highest BCUT2D eigenvalue weighted by Gasteiger charge is 2.01. The van der Waals surface area contributed by atoms with Crippen LogP contribution in [-0.4, -0.2) is 4.98 Å². The molecule has 0 saturated heterocycles. The fourth-order valence-electron chi connectivity index (χ4n) is 1.49. The molecule has 0 unspecified atom stereocenters. The number of aromatic nitrogens is 1. The molecule has 2 rings (SSSR count). The molecule has 0 aliphatic carbocycles. The van der Waals surface area contributed by atoms with Crippen LogP contribution in [0.15, 0.2) is 24.4 Å². The normalized spacial score (nSPS) is 10.4. The molecule has 0 aliphatic heterocycles. The number of anilines is 1.